The molecular formula is C13H16O. The van der Waals surface area contributed by atoms with Crippen molar-refractivity contribution in [2.75, 3.05) is 6.61 Å². The highest BCUT2D eigenvalue weighted by molar-refractivity contribution is 5.50. The van der Waals surface area contributed by atoms with Crippen LogP contribution < -0.4 is 4.74 Å². The Morgan fingerprint density at radius 1 is 1.36 bits per heavy atom. The van der Waals surface area contributed by atoms with Gasteiger partial charge in [-0.25, -0.2) is 0 Å². The maximum absolute atomic E-state index is 5.88. The van der Waals surface area contributed by atoms with Crippen LogP contribution >= 0.6 is 0 Å². The van der Waals surface area contributed by atoms with E-state index in [1.54, 1.807) is 0 Å². The summed E-state index contributed by atoms with van der Waals surface area (Å²) in [5.74, 6) is 1.20. The van der Waals surface area contributed by atoms with Crippen LogP contribution in [0.25, 0.3) is 0 Å². The van der Waals surface area contributed by atoms with Crippen molar-refractivity contribution in [3.05, 3.63) is 29.3 Å². The molecule has 1 nitrogen and oxygen atoms in total. The summed E-state index contributed by atoms with van der Waals surface area (Å²) in [6.07, 6.45) is 5.11. The van der Waals surface area contributed by atoms with Crippen molar-refractivity contribution in [3.63, 3.8) is 0 Å². The van der Waals surface area contributed by atoms with Crippen molar-refractivity contribution in [2.45, 2.75) is 38.0 Å². The van der Waals surface area contributed by atoms with Gasteiger partial charge in [0.05, 0.1) is 6.61 Å². The van der Waals surface area contributed by atoms with Gasteiger partial charge in [-0.05, 0) is 24.8 Å². The predicted molar refractivity (Wildman–Crippen MR) is 56.8 cm³/mol. The van der Waals surface area contributed by atoms with Crippen LogP contribution in [0.3, 0.4) is 0 Å². The molecule has 1 saturated carbocycles. The fraction of sp³-hybridized carbons (Fsp3) is 0.538. The number of para-hydroxylation sites is 1. The van der Waals surface area contributed by atoms with Crippen LogP contribution in [-0.2, 0) is 11.8 Å². The van der Waals surface area contributed by atoms with Gasteiger partial charge in [0, 0.05) is 11.0 Å². The molecular weight excluding hydrogens is 172 g/mol. The lowest BCUT2D eigenvalue weighted by atomic mass is 9.66. The van der Waals surface area contributed by atoms with E-state index in [-0.39, 0.29) is 0 Å². The Hall–Kier alpha value is -0.980. The molecule has 3 rings (SSSR count). The number of hydrogen-bond acceptors (Lipinski definition) is 1. The van der Waals surface area contributed by atoms with E-state index >= 15 is 0 Å². The molecule has 1 heteroatoms. The van der Waals surface area contributed by atoms with E-state index in [4.69, 9.17) is 4.74 Å². The van der Waals surface area contributed by atoms with Crippen LogP contribution in [0.2, 0.25) is 0 Å². The molecule has 1 aliphatic carbocycles. The number of hydrogen-bond donors (Lipinski definition) is 0. The Kier molecular flexibility index (Phi) is 1.64. The molecule has 0 radical (unpaired) electrons. The van der Waals surface area contributed by atoms with Crippen LogP contribution in [0.5, 0.6) is 5.75 Å². The highest BCUT2D eigenvalue weighted by Gasteiger charge is 2.45. The van der Waals surface area contributed by atoms with Gasteiger partial charge in [-0.1, -0.05) is 31.5 Å². The van der Waals surface area contributed by atoms with E-state index in [2.05, 4.69) is 25.1 Å². The zero-order chi connectivity index (χ0) is 9.60. The number of aryl methyl sites for hydroxylation is 1. The fourth-order valence-electron chi connectivity index (χ4n) is 2.76. The second kappa shape index (κ2) is 2.75. The third-order valence-corrected chi connectivity index (χ3v) is 3.85. The molecule has 74 valence electrons. The van der Waals surface area contributed by atoms with Gasteiger partial charge in [0.1, 0.15) is 5.75 Å². The normalized spacial score (nSPS) is 21.5. The van der Waals surface area contributed by atoms with E-state index in [0.717, 1.165) is 13.0 Å². The summed E-state index contributed by atoms with van der Waals surface area (Å²) >= 11 is 0. The molecule has 0 aromatic heterocycles. The second-order valence-corrected chi connectivity index (χ2v) is 4.57. The van der Waals surface area contributed by atoms with Crippen LogP contribution in [0, 0.1) is 0 Å². The molecule has 0 amide bonds. The highest BCUT2D eigenvalue weighted by atomic mass is 16.5. The van der Waals surface area contributed by atoms with Crippen molar-refractivity contribution >= 4 is 0 Å². The first kappa shape index (κ1) is 8.34. The molecule has 0 bridgehead atoms. The van der Waals surface area contributed by atoms with Crippen molar-refractivity contribution in [3.8, 4) is 5.75 Å². The quantitative estimate of drug-likeness (QED) is 0.658. The lowest BCUT2D eigenvalue weighted by molar-refractivity contribution is 0.177. The summed E-state index contributed by atoms with van der Waals surface area (Å²) in [7, 11) is 0. The van der Waals surface area contributed by atoms with Crippen LogP contribution in [0.15, 0.2) is 18.2 Å². The fourth-order valence-corrected chi connectivity index (χ4v) is 2.76. The Labute approximate surface area is 85.1 Å². The maximum Gasteiger partial charge on any atom is 0.126 e. The van der Waals surface area contributed by atoms with E-state index in [9.17, 15) is 0 Å². The van der Waals surface area contributed by atoms with Crippen molar-refractivity contribution < 1.29 is 4.74 Å². The summed E-state index contributed by atoms with van der Waals surface area (Å²) in [4.78, 5) is 0. The van der Waals surface area contributed by atoms with Crippen molar-refractivity contribution in [1.82, 2.24) is 0 Å². The summed E-state index contributed by atoms with van der Waals surface area (Å²) in [6.45, 7) is 3.13. The van der Waals surface area contributed by atoms with Crippen LogP contribution in [-0.4, -0.2) is 6.61 Å². The van der Waals surface area contributed by atoms with Gasteiger partial charge < -0.3 is 4.74 Å². The van der Waals surface area contributed by atoms with E-state index in [0.29, 0.717) is 5.41 Å². The number of benzene rings is 1. The Balaban J connectivity index is 2.11. The van der Waals surface area contributed by atoms with E-state index < -0.39 is 0 Å². The standard InChI is InChI=1S/C13H16O/c1-2-10-5-3-6-11-12(10)14-9-13(11)7-4-8-13/h3,5-6H,2,4,7-9H2,1H3. The molecule has 0 atom stereocenters. The predicted octanol–water partition coefficient (Wildman–Crippen LogP) is 3.06. The first-order chi connectivity index (χ1) is 6.86. The average Bonchev–Trinajstić information content (AvgIpc) is 2.55. The molecule has 0 unspecified atom stereocenters. The summed E-state index contributed by atoms with van der Waals surface area (Å²) < 4.78 is 5.88. The van der Waals surface area contributed by atoms with Gasteiger partial charge >= 0.3 is 0 Å². The number of fused-ring (bicyclic) bond motifs is 2. The van der Waals surface area contributed by atoms with E-state index in [1.807, 2.05) is 0 Å². The molecule has 1 aliphatic heterocycles. The third kappa shape index (κ3) is 0.902. The first-order valence-corrected chi connectivity index (χ1v) is 5.61. The van der Waals surface area contributed by atoms with Gasteiger partial charge in [-0.3, -0.25) is 0 Å². The molecule has 1 aromatic rings. The lowest BCUT2D eigenvalue weighted by Gasteiger charge is -2.36. The van der Waals surface area contributed by atoms with Crippen molar-refractivity contribution in [1.29, 1.82) is 0 Å². The minimum absolute atomic E-state index is 0.417. The molecule has 0 saturated heterocycles. The summed E-state index contributed by atoms with van der Waals surface area (Å²) in [5.41, 5.74) is 3.29. The monoisotopic (exact) mass is 188 g/mol. The van der Waals surface area contributed by atoms with Crippen LogP contribution in [0.4, 0.5) is 0 Å². The minimum atomic E-state index is 0.417. The Bertz CT molecular complexity index is 363. The zero-order valence-electron chi connectivity index (χ0n) is 8.68. The molecule has 0 N–H and O–H groups in total. The number of rotatable bonds is 1. The van der Waals surface area contributed by atoms with Crippen molar-refractivity contribution in [2.24, 2.45) is 0 Å². The zero-order valence-corrected chi connectivity index (χ0v) is 8.68. The van der Waals surface area contributed by atoms with Gasteiger partial charge in [0.2, 0.25) is 0 Å². The van der Waals surface area contributed by atoms with Gasteiger partial charge in [-0.2, -0.15) is 0 Å². The maximum atomic E-state index is 5.88. The molecule has 2 aliphatic rings. The SMILES string of the molecule is CCc1cccc2c1OCC21CCC1. The average molecular weight is 188 g/mol. The minimum Gasteiger partial charge on any atom is -0.492 e. The first-order valence-electron chi connectivity index (χ1n) is 5.61. The van der Waals surface area contributed by atoms with Crippen LogP contribution in [0.1, 0.15) is 37.3 Å². The lowest BCUT2D eigenvalue weighted by Crippen LogP contribution is -2.35. The third-order valence-electron chi connectivity index (χ3n) is 3.85. The summed E-state index contributed by atoms with van der Waals surface area (Å²) in [5, 5.41) is 0. The second-order valence-electron chi connectivity index (χ2n) is 4.57. The molecule has 1 aromatic carbocycles. The topological polar surface area (TPSA) is 9.23 Å². The Morgan fingerprint density at radius 3 is 2.86 bits per heavy atom. The molecule has 1 spiro atoms. The molecule has 14 heavy (non-hydrogen) atoms. The molecule has 1 heterocycles. The largest absolute Gasteiger partial charge is 0.492 e. The number of ether oxygens (including phenoxy) is 1. The summed E-state index contributed by atoms with van der Waals surface area (Å²) in [6, 6.07) is 6.64. The van der Waals surface area contributed by atoms with Gasteiger partial charge in [0.15, 0.2) is 0 Å². The van der Waals surface area contributed by atoms with Gasteiger partial charge in [0.25, 0.3) is 0 Å². The van der Waals surface area contributed by atoms with Gasteiger partial charge in [-0.15, -0.1) is 0 Å². The smallest absolute Gasteiger partial charge is 0.126 e. The Morgan fingerprint density at radius 2 is 2.21 bits per heavy atom. The highest BCUT2D eigenvalue weighted by Crippen LogP contribution is 2.52. The molecule has 1 fully saturated rings. The van der Waals surface area contributed by atoms with E-state index in [1.165, 1.54) is 36.1 Å².